The normalized spacial score (nSPS) is 15.5. The number of imidazole rings is 1. The van der Waals surface area contributed by atoms with Crippen LogP contribution in [0.4, 0.5) is 5.69 Å². The lowest BCUT2D eigenvalue weighted by Crippen LogP contribution is -2.40. The van der Waals surface area contributed by atoms with E-state index >= 15 is 0 Å². The Labute approximate surface area is 157 Å². The molecule has 2 N–H and O–H groups in total. The minimum atomic E-state index is 0.451. The molecule has 4 rings (SSSR count). The molecule has 2 aromatic carbocycles. The highest BCUT2D eigenvalue weighted by atomic mass is 35.5. The van der Waals surface area contributed by atoms with Gasteiger partial charge in [-0.3, -0.25) is 0 Å². The van der Waals surface area contributed by atoms with Crippen molar-refractivity contribution in [3.05, 3.63) is 59.4 Å². The number of aromatic amines is 1. The fraction of sp³-hybridized carbons (Fsp3) is 0.263. The van der Waals surface area contributed by atoms with Gasteiger partial charge in [-0.25, -0.2) is 4.98 Å². The van der Waals surface area contributed by atoms with Gasteiger partial charge < -0.3 is 15.2 Å². The van der Waals surface area contributed by atoms with Crippen molar-refractivity contribution in [2.24, 2.45) is 0 Å². The first-order chi connectivity index (χ1) is 12.2. The van der Waals surface area contributed by atoms with E-state index in [-0.39, 0.29) is 0 Å². The molecule has 1 fully saturated rings. The van der Waals surface area contributed by atoms with Crippen LogP contribution in [0.5, 0.6) is 0 Å². The van der Waals surface area contributed by atoms with E-state index in [9.17, 15) is 0 Å². The second-order valence-electron chi connectivity index (χ2n) is 6.31. The summed E-state index contributed by atoms with van der Waals surface area (Å²) in [4.78, 5) is 10.4. The quantitative estimate of drug-likeness (QED) is 0.636. The van der Waals surface area contributed by atoms with Crippen LogP contribution in [-0.4, -0.2) is 33.1 Å². The van der Waals surface area contributed by atoms with E-state index in [1.807, 2.05) is 42.5 Å². The molecule has 1 aromatic heterocycles. The van der Waals surface area contributed by atoms with E-state index < -0.39 is 0 Å². The summed E-state index contributed by atoms with van der Waals surface area (Å²) in [6.07, 6.45) is 2.06. The minimum Gasteiger partial charge on any atom is -0.349 e. The molecule has 6 heteroatoms. The van der Waals surface area contributed by atoms with Crippen molar-refractivity contribution in [2.75, 3.05) is 18.4 Å². The van der Waals surface area contributed by atoms with E-state index in [1.165, 1.54) is 0 Å². The van der Waals surface area contributed by atoms with Crippen LogP contribution in [-0.2, 0) is 0 Å². The summed E-state index contributed by atoms with van der Waals surface area (Å²) >= 11 is 11.8. The number of fused-ring (bicyclic) bond motifs is 1. The van der Waals surface area contributed by atoms with Crippen molar-refractivity contribution in [3.8, 4) is 0 Å². The number of benzene rings is 2. The van der Waals surface area contributed by atoms with Gasteiger partial charge in [0.1, 0.15) is 5.82 Å². The van der Waals surface area contributed by atoms with Crippen LogP contribution in [0.15, 0.2) is 48.5 Å². The molecule has 0 bridgehead atoms. The van der Waals surface area contributed by atoms with Gasteiger partial charge in [0.2, 0.25) is 0 Å². The SMILES string of the molecule is S=C(Nc1ccccc1Cl)N1CCC(c2nc3ccccc3[nH]2)CC1. The van der Waals surface area contributed by atoms with E-state index in [4.69, 9.17) is 28.8 Å². The number of nitrogens with one attached hydrogen (secondary N) is 2. The molecule has 2 heterocycles. The number of piperidine rings is 1. The molecule has 25 heavy (non-hydrogen) atoms. The maximum atomic E-state index is 6.20. The van der Waals surface area contributed by atoms with Crippen LogP contribution in [0.25, 0.3) is 11.0 Å². The van der Waals surface area contributed by atoms with Crippen LogP contribution >= 0.6 is 23.8 Å². The van der Waals surface area contributed by atoms with Gasteiger partial charge in [0.25, 0.3) is 0 Å². The van der Waals surface area contributed by atoms with Gasteiger partial charge in [-0.2, -0.15) is 0 Å². The number of aromatic nitrogens is 2. The Hall–Kier alpha value is -2.11. The Morgan fingerprint density at radius 1 is 1.12 bits per heavy atom. The van der Waals surface area contributed by atoms with Gasteiger partial charge in [0.15, 0.2) is 5.11 Å². The maximum absolute atomic E-state index is 6.20. The van der Waals surface area contributed by atoms with E-state index in [0.717, 1.165) is 53.6 Å². The van der Waals surface area contributed by atoms with Crippen molar-refractivity contribution in [1.82, 2.24) is 14.9 Å². The summed E-state index contributed by atoms with van der Waals surface area (Å²) < 4.78 is 0. The monoisotopic (exact) mass is 370 g/mol. The standard InChI is InChI=1S/C19H19ClN4S/c20-14-5-1-2-6-15(14)23-19(25)24-11-9-13(10-12-24)18-21-16-7-3-4-8-17(16)22-18/h1-8,13H,9-12H2,(H,21,22)(H,23,25). The highest BCUT2D eigenvalue weighted by Gasteiger charge is 2.24. The van der Waals surface area contributed by atoms with Crippen LogP contribution in [0.2, 0.25) is 5.02 Å². The Balaban J connectivity index is 1.39. The lowest BCUT2D eigenvalue weighted by atomic mass is 9.96. The zero-order chi connectivity index (χ0) is 17.2. The first-order valence-electron chi connectivity index (χ1n) is 8.46. The Kier molecular flexibility index (Phi) is 4.59. The number of hydrogen-bond acceptors (Lipinski definition) is 2. The third-order valence-electron chi connectivity index (χ3n) is 4.69. The third-order valence-corrected chi connectivity index (χ3v) is 5.38. The number of H-pyrrole nitrogens is 1. The predicted octanol–water partition coefficient (Wildman–Crippen LogP) is 4.79. The number of rotatable bonds is 2. The van der Waals surface area contributed by atoms with Crippen molar-refractivity contribution in [1.29, 1.82) is 0 Å². The Bertz CT molecular complexity index is 866. The molecule has 0 spiro atoms. The van der Waals surface area contributed by atoms with E-state index in [2.05, 4.69) is 21.3 Å². The van der Waals surface area contributed by atoms with E-state index in [0.29, 0.717) is 10.9 Å². The second kappa shape index (κ2) is 7.02. The molecule has 128 valence electrons. The highest BCUT2D eigenvalue weighted by Crippen LogP contribution is 2.28. The summed E-state index contributed by atoms with van der Waals surface area (Å²) in [5.41, 5.74) is 3.00. The molecule has 4 nitrogen and oxygen atoms in total. The smallest absolute Gasteiger partial charge is 0.173 e. The van der Waals surface area contributed by atoms with Crippen molar-refractivity contribution < 1.29 is 0 Å². The number of nitrogens with zero attached hydrogens (tertiary/aromatic N) is 2. The molecule has 0 atom stereocenters. The highest BCUT2D eigenvalue weighted by molar-refractivity contribution is 7.80. The van der Waals surface area contributed by atoms with Gasteiger partial charge >= 0.3 is 0 Å². The van der Waals surface area contributed by atoms with Crippen LogP contribution in [0.3, 0.4) is 0 Å². The summed E-state index contributed by atoms with van der Waals surface area (Å²) in [5, 5.41) is 4.67. The van der Waals surface area contributed by atoms with Crippen LogP contribution in [0.1, 0.15) is 24.6 Å². The summed E-state index contributed by atoms with van der Waals surface area (Å²) in [6.45, 7) is 1.83. The number of likely N-dealkylation sites (tertiary alicyclic amines) is 1. The van der Waals surface area contributed by atoms with Crippen LogP contribution in [0, 0.1) is 0 Å². The first kappa shape index (κ1) is 16.4. The van der Waals surface area contributed by atoms with Gasteiger partial charge in [-0.05, 0) is 49.3 Å². The molecule has 1 saturated heterocycles. The van der Waals surface area contributed by atoms with Gasteiger partial charge in [0.05, 0.1) is 21.7 Å². The second-order valence-corrected chi connectivity index (χ2v) is 7.10. The summed E-state index contributed by atoms with van der Waals surface area (Å²) in [6, 6.07) is 15.8. The zero-order valence-corrected chi connectivity index (χ0v) is 15.3. The molecule has 3 aromatic rings. The number of thiocarbonyl (C=S) groups is 1. The van der Waals surface area contributed by atoms with Crippen molar-refractivity contribution in [3.63, 3.8) is 0 Å². The van der Waals surface area contributed by atoms with Crippen molar-refractivity contribution >= 4 is 45.7 Å². The topological polar surface area (TPSA) is 44.0 Å². The molecule has 0 aliphatic carbocycles. The molecule has 0 radical (unpaired) electrons. The summed E-state index contributed by atoms with van der Waals surface area (Å²) in [7, 11) is 0. The first-order valence-corrected chi connectivity index (χ1v) is 9.24. The predicted molar refractivity (Wildman–Crippen MR) is 107 cm³/mol. The lowest BCUT2D eigenvalue weighted by Gasteiger charge is -2.33. The lowest BCUT2D eigenvalue weighted by molar-refractivity contribution is 0.311. The number of para-hydroxylation sites is 3. The third kappa shape index (κ3) is 3.48. The Morgan fingerprint density at radius 3 is 2.60 bits per heavy atom. The number of anilines is 1. The Morgan fingerprint density at radius 2 is 1.84 bits per heavy atom. The number of hydrogen-bond donors (Lipinski definition) is 2. The largest absolute Gasteiger partial charge is 0.349 e. The van der Waals surface area contributed by atoms with Gasteiger partial charge in [-0.15, -0.1) is 0 Å². The molecular weight excluding hydrogens is 352 g/mol. The molecule has 1 aliphatic heterocycles. The molecule has 1 aliphatic rings. The molecule has 0 saturated carbocycles. The zero-order valence-electron chi connectivity index (χ0n) is 13.7. The maximum Gasteiger partial charge on any atom is 0.173 e. The summed E-state index contributed by atoms with van der Waals surface area (Å²) in [5.74, 6) is 1.54. The number of halogens is 1. The molecular formula is C19H19ClN4S. The van der Waals surface area contributed by atoms with Crippen molar-refractivity contribution in [2.45, 2.75) is 18.8 Å². The average molecular weight is 371 g/mol. The van der Waals surface area contributed by atoms with E-state index in [1.54, 1.807) is 0 Å². The fourth-order valence-corrected chi connectivity index (χ4v) is 3.75. The molecule has 0 unspecified atom stereocenters. The minimum absolute atomic E-state index is 0.451. The molecule has 0 amide bonds. The van der Waals surface area contributed by atoms with Gasteiger partial charge in [-0.1, -0.05) is 35.9 Å². The van der Waals surface area contributed by atoms with Gasteiger partial charge in [0, 0.05) is 19.0 Å². The van der Waals surface area contributed by atoms with Crippen LogP contribution < -0.4 is 5.32 Å². The fourth-order valence-electron chi connectivity index (χ4n) is 3.28. The average Bonchev–Trinajstić information content (AvgIpc) is 3.08.